The van der Waals surface area contributed by atoms with E-state index in [0.29, 0.717) is 49.6 Å². The van der Waals surface area contributed by atoms with Gasteiger partial charge in [-0.25, -0.2) is 9.37 Å². The number of aromatic amines is 1. The Morgan fingerprint density at radius 1 is 1.13 bits per heavy atom. The normalized spacial score (nSPS) is 21.0. The first kappa shape index (κ1) is 19.9. The highest BCUT2D eigenvalue weighted by molar-refractivity contribution is 5.94. The maximum absolute atomic E-state index is 13.7. The van der Waals surface area contributed by atoms with Gasteiger partial charge in [0.1, 0.15) is 11.6 Å². The average Bonchev–Trinajstić information content (AvgIpc) is 3.63. The highest BCUT2D eigenvalue weighted by Gasteiger charge is 2.36. The second-order valence-electron chi connectivity index (χ2n) is 8.68. The fourth-order valence-corrected chi connectivity index (χ4v) is 4.64. The van der Waals surface area contributed by atoms with Gasteiger partial charge in [-0.3, -0.25) is 14.4 Å². The zero-order valence-corrected chi connectivity index (χ0v) is 17.3. The van der Waals surface area contributed by atoms with Crippen LogP contribution in [0, 0.1) is 11.7 Å². The van der Waals surface area contributed by atoms with Crippen molar-refractivity contribution < 1.29 is 14.0 Å². The zero-order valence-electron chi connectivity index (χ0n) is 17.3. The number of nitrogens with zero attached hydrogens (tertiary/aromatic N) is 3. The molecule has 1 aromatic carbocycles. The Kier molecular flexibility index (Phi) is 5.08. The van der Waals surface area contributed by atoms with Crippen molar-refractivity contribution in [1.82, 2.24) is 19.8 Å². The quantitative estimate of drug-likeness (QED) is 0.821. The standard InChI is InChI=1S/C23H25FN4O3/c24-16-5-3-4-15(12-16)23(31)28-10-2-1-6-19(28)20-25-18-13-27(22(30)14-7-8-14)11-9-17(18)21(29)26-20/h3-5,12,14,19H,1-2,6-11,13H2,(H,25,26,29)/t19-/m0/s1. The Bertz CT molecular complexity index is 1090. The van der Waals surface area contributed by atoms with Crippen molar-refractivity contribution in [2.24, 2.45) is 5.92 Å². The first-order valence-corrected chi connectivity index (χ1v) is 11.0. The van der Waals surface area contributed by atoms with Crippen molar-refractivity contribution in [3.05, 3.63) is 63.1 Å². The molecule has 31 heavy (non-hydrogen) atoms. The first-order valence-electron chi connectivity index (χ1n) is 11.0. The van der Waals surface area contributed by atoms with E-state index in [9.17, 15) is 18.8 Å². The van der Waals surface area contributed by atoms with E-state index >= 15 is 0 Å². The lowest BCUT2D eigenvalue weighted by atomic mass is 9.99. The van der Waals surface area contributed by atoms with Crippen molar-refractivity contribution >= 4 is 11.8 Å². The molecule has 2 aliphatic heterocycles. The van der Waals surface area contributed by atoms with Gasteiger partial charge in [0.15, 0.2) is 0 Å². The van der Waals surface area contributed by atoms with Gasteiger partial charge in [0.25, 0.3) is 11.5 Å². The summed E-state index contributed by atoms with van der Waals surface area (Å²) in [4.78, 5) is 49.5. The van der Waals surface area contributed by atoms with Gasteiger partial charge in [0, 0.05) is 30.1 Å². The molecule has 5 rings (SSSR count). The molecule has 1 aromatic heterocycles. The molecule has 7 nitrogen and oxygen atoms in total. The van der Waals surface area contributed by atoms with E-state index < -0.39 is 5.82 Å². The minimum atomic E-state index is -0.458. The van der Waals surface area contributed by atoms with Crippen LogP contribution in [0.1, 0.15) is 65.6 Å². The fraction of sp³-hybridized carbons (Fsp3) is 0.478. The molecule has 0 unspecified atom stereocenters. The van der Waals surface area contributed by atoms with Crippen molar-refractivity contribution in [1.29, 1.82) is 0 Å². The molecular weight excluding hydrogens is 399 g/mol. The van der Waals surface area contributed by atoms with Crippen molar-refractivity contribution in [2.75, 3.05) is 13.1 Å². The molecule has 0 bridgehead atoms. The lowest BCUT2D eigenvalue weighted by Gasteiger charge is -2.36. The topological polar surface area (TPSA) is 86.4 Å². The van der Waals surface area contributed by atoms with Crippen LogP contribution in [0.2, 0.25) is 0 Å². The number of amides is 2. The van der Waals surface area contributed by atoms with Crippen LogP contribution in [0.5, 0.6) is 0 Å². The zero-order chi connectivity index (χ0) is 21.5. The minimum Gasteiger partial charge on any atom is -0.336 e. The van der Waals surface area contributed by atoms with Crippen LogP contribution in [0.4, 0.5) is 4.39 Å². The third-order valence-electron chi connectivity index (χ3n) is 6.48. The Labute approximate surface area is 179 Å². The van der Waals surface area contributed by atoms with Gasteiger partial charge >= 0.3 is 0 Å². The third-order valence-corrected chi connectivity index (χ3v) is 6.48. The number of benzene rings is 1. The Morgan fingerprint density at radius 2 is 1.97 bits per heavy atom. The van der Waals surface area contributed by atoms with E-state index in [2.05, 4.69) is 4.98 Å². The lowest BCUT2D eigenvalue weighted by molar-refractivity contribution is -0.133. The number of H-pyrrole nitrogens is 1. The molecule has 1 saturated heterocycles. The van der Waals surface area contributed by atoms with Crippen LogP contribution < -0.4 is 5.56 Å². The summed E-state index contributed by atoms with van der Waals surface area (Å²) >= 11 is 0. The first-order chi connectivity index (χ1) is 15.0. The fourth-order valence-electron chi connectivity index (χ4n) is 4.64. The maximum Gasteiger partial charge on any atom is 0.254 e. The SMILES string of the molecule is O=C(C1CC1)N1CCc2c(nc([C@@H]3CCCCN3C(=O)c3cccc(F)c3)[nH]c2=O)C1. The molecule has 0 radical (unpaired) electrons. The summed E-state index contributed by atoms with van der Waals surface area (Å²) in [7, 11) is 0. The summed E-state index contributed by atoms with van der Waals surface area (Å²) in [5.74, 6) is -0.000209. The van der Waals surface area contributed by atoms with Gasteiger partial charge in [-0.1, -0.05) is 6.07 Å². The highest BCUT2D eigenvalue weighted by Crippen LogP contribution is 2.33. The van der Waals surface area contributed by atoms with E-state index in [-0.39, 0.29) is 34.9 Å². The Morgan fingerprint density at radius 3 is 2.74 bits per heavy atom. The van der Waals surface area contributed by atoms with E-state index in [0.717, 1.165) is 25.7 Å². The van der Waals surface area contributed by atoms with Gasteiger partial charge in [0.2, 0.25) is 5.91 Å². The lowest BCUT2D eigenvalue weighted by Crippen LogP contribution is -2.42. The maximum atomic E-state index is 13.7. The minimum absolute atomic E-state index is 0.126. The van der Waals surface area contributed by atoms with E-state index in [1.54, 1.807) is 15.9 Å². The molecule has 0 spiro atoms. The largest absolute Gasteiger partial charge is 0.336 e. The molecule has 2 aromatic rings. The smallest absolute Gasteiger partial charge is 0.254 e. The molecule has 8 heteroatoms. The van der Waals surface area contributed by atoms with Crippen molar-refractivity contribution in [3.63, 3.8) is 0 Å². The monoisotopic (exact) mass is 424 g/mol. The van der Waals surface area contributed by atoms with E-state index in [1.165, 1.54) is 18.2 Å². The van der Waals surface area contributed by atoms with Gasteiger partial charge < -0.3 is 14.8 Å². The summed E-state index contributed by atoms with van der Waals surface area (Å²) in [6.07, 6.45) is 4.80. The van der Waals surface area contributed by atoms with Gasteiger partial charge in [-0.2, -0.15) is 0 Å². The average molecular weight is 424 g/mol. The number of nitrogens with one attached hydrogen (secondary N) is 1. The number of carbonyl (C=O) groups is 2. The number of rotatable bonds is 3. The van der Waals surface area contributed by atoms with Crippen LogP contribution in [-0.4, -0.2) is 44.7 Å². The summed E-state index contributed by atoms with van der Waals surface area (Å²) < 4.78 is 13.7. The second kappa shape index (κ2) is 7.90. The molecule has 1 N–H and O–H groups in total. The molecule has 3 aliphatic rings. The van der Waals surface area contributed by atoms with Crippen molar-refractivity contribution in [3.8, 4) is 0 Å². The van der Waals surface area contributed by atoms with Crippen LogP contribution in [0.25, 0.3) is 0 Å². The van der Waals surface area contributed by atoms with Gasteiger partial charge in [0.05, 0.1) is 18.3 Å². The van der Waals surface area contributed by atoms with Crippen molar-refractivity contribution in [2.45, 2.75) is 51.1 Å². The molecular formula is C23H25FN4O3. The third kappa shape index (κ3) is 3.86. The number of fused-ring (bicyclic) bond motifs is 1. The van der Waals surface area contributed by atoms with Crippen LogP contribution >= 0.6 is 0 Å². The van der Waals surface area contributed by atoms with E-state index in [1.807, 2.05) is 0 Å². The molecule has 2 amide bonds. The summed E-state index contributed by atoms with van der Waals surface area (Å²) in [5.41, 5.74) is 1.35. The van der Waals surface area contributed by atoms with Gasteiger partial charge in [-0.15, -0.1) is 0 Å². The summed E-state index contributed by atoms with van der Waals surface area (Å²) in [6, 6.07) is 5.28. The van der Waals surface area contributed by atoms with Crippen LogP contribution in [-0.2, 0) is 17.8 Å². The number of hydrogen-bond acceptors (Lipinski definition) is 4. The highest BCUT2D eigenvalue weighted by atomic mass is 19.1. The van der Waals surface area contributed by atoms with Crippen LogP contribution in [0.15, 0.2) is 29.1 Å². The molecule has 1 atom stereocenters. The summed E-state index contributed by atoms with van der Waals surface area (Å²) in [6.45, 7) is 1.40. The molecule has 162 valence electrons. The Hall–Kier alpha value is -3.03. The predicted octanol–water partition coefficient (Wildman–Crippen LogP) is 2.57. The number of likely N-dealkylation sites (tertiary alicyclic amines) is 1. The molecule has 3 heterocycles. The number of halogens is 1. The molecule has 2 fully saturated rings. The van der Waals surface area contributed by atoms with E-state index in [4.69, 9.17) is 4.98 Å². The Balaban J connectivity index is 1.45. The number of carbonyl (C=O) groups excluding carboxylic acids is 2. The second-order valence-corrected chi connectivity index (χ2v) is 8.68. The number of hydrogen-bond donors (Lipinski definition) is 1. The van der Waals surface area contributed by atoms with Crippen LogP contribution in [0.3, 0.4) is 0 Å². The molecule has 1 aliphatic carbocycles. The summed E-state index contributed by atoms with van der Waals surface area (Å²) in [5, 5.41) is 0. The predicted molar refractivity (Wildman–Crippen MR) is 111 cm³/mol. The van der Waals surface area contributed by atoms with Gasteiger partial charge in [-0.05, 0) is 56.7 Å². The number of aromatic nitrogens is 2. The number of piperidine rings is 1. The molecule has 1 saturated carbocycles.